The molecule has 1 saturated heterocycles. The van der Waals surface area contributed by atoms with E-state index in [-0.39, 0.29) is 17.5 Å². The molecule has 6 heteroatoms. The van der Waals surface area contributed by atoms with Gasteiger partial charge >= 0.3 is 0 Å². The summed E-state index contributed by atoms with van der Waals surface area (Å²) in [5.41, 5.74) is 1.55. The number of carbonyl (C=O) groups excluding carboxylic acids is 1. The van der Waals surface area contributed by atoms with Crippen LogP contribution in [0.15, 0.2) is 36.5 Å². The third-order valence-corrected chi connectivity index (χ3v) is 5.00. The van der Waals surface area contributed by atoms with E-state index in [1.807, 2.05) is 38.8 Å². The lowest BCUT2D eigenvalue weighted by Crippen LogP contribution is -2.48. The monoisotopic (exact) mass is 355 g/mol. The molecule has 0 aliphatic carbocycles. The minimum Gasteiger partial charge on any atom is -0.336 e. The smallest absolute Gasteiger partial charge is 0.276 e. The fourth-order valence-electron chi connectivity index (χ4n) is 3.37. The number of likely N-dealkylation sites (tertiary alicyclic amines) is 1. The topological polar surface area (TPSA) is 54.3 Å². The fourth-order valence-corrected chi connectivity index (χ4v) is 3.37. The SMILES string of the molecule is CN(C(=O)c1cn(C(C)(C)C)nn1)C1CCCN(Cc2ccccc2)C1. The highest BCUT2D eigenvalue weighted by Crippen LogP contribution is 2.19. The lowest BCUT2D eigenvalue weighted by Gasteiger charge is -2.37. The molecule has 140 valence electrons. The van der Waals surface area contributed by atoms with Gasteiger partial charge in [-0.2, -0.15) is 0 Å². The van der Waals surface area contributed by atoms with Crippen LogP contribution in [0.4, 0.5) is 0 Å². The van der Waals surface area contributed by atoms with Crippen molar-refractivity contribution in [2.75, 3.05) is 20.1 Å². The molecule has 1 unspecified atom stereocenters. The zero-order valence-electron chi connectivity index (χ0n) is 16.2. The number of piperidine rings is 1. The maximum atomic E-state index is 12.8. The lowest BCUT2D eigenvalue weighted by atomic mass is 10.0. The van der Waals surface area contributed by atoms with E-state index in [0.717, 1.165) is 32.5 Å². The Kier molecular flexibility index (Phi) is 5.41. The number of rotatable bonds is 4. The van der Waals surface area contributed by atoms with Crippen LogP contribution in [0, 0.1) is 0 Å². The number of hydrogen-bond donors (Lipinski definition) is 0. The Balaban J connectivity index is 1.64. The molecule has 6 nitrogen and oxygen atoms in total. The average Bonchev–Trinajstić information content (AvgIpc) is 3.12. The molecule has 0 saturated carbocycles. The van der Waals surface area contributed by atoms with Crippen molar-refractivity contribution in [2.24, 2.45) is 0 Å². The van der Waals surface area contributed by atoms with Crippen LogP contribution in [0.25, 0.3) is 0 Å². The van der Waals surface area contributed by atoms with Gasteiger partial charge in [-0.05, 0) is 45.7 Å². The first kappa shape index (κ1) is 18.6. The summed E-state index contributed by atoms with van der Waals surface area (Å²) in [5, 5.41) is 8.21. The summed E-state index contributed by atoms with van der Waals surface area (Å²) < 4.78 is 1.75. The van der Waals surface area contributed by atoms with E-state index >= 15 is 0 Å². The standard InChI is InChI=1S/C20H29N5O/c1-20(2,3)25-15-18(21-22-25)19(26)23(4)17-11-8-12-24(14-17)13-16-9-6-5-7-10-16/h5-7,9-10,15,17H,8,11-14H2,1-4H3. The highest BCUT2D eigenvalue weighted by atomic mass is 16.2. The van der Waals surface area contributed by atoms with Crippen LogP contribution < -0.4 is 0 Å². The number of likely N-dealkylation sites (N-methyl/N-ethyl adjacent to an activating group) is 1. The summed E-state index contributed by atoms with van der Waals surface area (Å²) in [6, 6.07) is 10.7. The molecule has 1 atom stereocenters. The summed E-state index contributed by atoms with van der Waals surface area (Å²) in [6.07, 6.45) is 3.88. The Bertz CT molecular complexity index is 734. The van der Waals surface area contributed by atoms with Crippen LogP contribution in [0.3, 0.4) is 0 Å². The number of amides is 1. The van der Waals surface area contributed by atoms with Crippen molar-refractivity contribution in [3.8, 4) is 0 Å². The summed E-state index contributed by atoms with van der Waals surface area (Å²) >= 11 is 0. The molecule has 1 aromatic heterocycles. The van der Waals surface area contributed by atoms with Gasteiger partial charge in [0.1, 0.15) is 0 Å². The van der Waals surface area contributed by atoms with E-state index in [2.05, 4.69) is 39.5 Å². The summed E-state index contributed by atoms with van der Waals surface area (Å²) in [6.45, 7) is 9.03. The number of hydrogen-bond acceptors (Lipinski definition) is 4. The molecule has 0 N–H and O–H groups in total. The minimum atomic E-state index is -0.179. The first-order valence-corrected chi connectivity index (χ1v) is 9.31. The van der Waals surface area contributed by atoms with Gasteiger partial charge in [-0.3, -0.25) is 9.69 Å². The highest BCUT2D eigenvalue weighted by molar-refractivity contribution is 5.92. The van der Waals surface area contributed by atoms with E-state index in [0.29, 0.717) is 5.69 Å². The number of nitrogens with zero attached hydrogens (tertiary/aromatic N) is 5. The number of benzene rings is 1. The van der Waals surface area contributed by atoms with Crippen LogP contribution in [-0.4, -0.2) is 56.9 Å². The van der Waals surface area contributed by atoms with Crippen molar-refractivity contribution < 1.29 is 4.79 Å². The molecule has 1 aromatic carbocycles. The second kappa shape index (κ2) is 7.58. The molecule has 26 heavy (non-hydrogen) atoms. The van der Waals surface area contributed by atoms with Crippen molar-refractivity contribution in [1.82, 2.24) is 24.8 Å². The van der Waals surface area contributed by atoms with Crippen molar-refractivity contribution in [3.05, 3.63) is 47.8 Å². The zero-order chi connectivity index (χ0) is 18.7. The lowest BCUT2D eigenvalue weighted by molar-refractivity contribution is 0.0603. The molecular weight excluding hydrogens is 326 g/mol. The molecule has 3 rings (SSSR count). The summed E-state index contributed by atoms with van der Waals surface area (Å²) in [4.78, 5) is 17.1. The Morgan fingerprint density at radius 1 is 1.27 bits per heavy atom. The summed E-state index contributed by atoms with van der Waals surface area (Å²) in [7, 11) is 1.88. The summed E-state index contributed by atoms with van der Waals surface area (Å²) in [5.74, 6) is -0.0490. The molecule has 0 spiro atoms. The van der Waals surface area contributed by atoms with Crippen LogP contribution in [-0.2, 0) is 12.1 Å². The predicted molar refractivity (Wildman–Crippen MR) is 102 cm³/mol. The van der Waals surface area contributed by atoms with Crippen LogP contribution in [0.2, 0.25) is 0 Å². The third-order valence-electron chi connectivity index (χ3n) is 5.00. The molecule has 0 bridgehead atoms. The molecule has 2 heterocycles. The Labute approximate surface area is 155 Å². The van der Waals surface area contributed by atoms with Gasteiger partial charge in [-0.15, -0.1) is 5.10 Å². The molecule has 0 radical (unpaired) electrons. The quantitative estimate of drug-likeness (QED) is 0.846. The first-order chi connectivity index (χ1) is 12.3. The van der Waals surface area contributed by atoms with Gasteiger partial charge in [0.2, 0.25) is 0 Å². The molecule has 1 aliphatic heterocycles. The number of aromatic nitrogens is 3. The normalized spacial score (nSPS) is 18.7. The Hall–Kier alpha value is -2.21. The van der Waals surface area contributed by atoms with E-state index in [1.54, 1.807) is 10.9 Å². The van der Waals surface area contributed by atoms with Crippen LogP contribution in [0.5, 0.6) is 0 Å². The molecule has 1 aliphatic rings. The molecular formula is C20H29N5O. The minimum absolute atomic E-state index is 0.0490. The highest BCUT2D eigenvalue weighted by Gasteiger charge is 2.28. The van der Waals surface area contributed by atoms with Gasteiger partial charge in [0.15, 0.2) is 5.69 Å². The van der Waals surface area contributed by atoms with Crippen molar-refractivity contribution >= 4 is 5.91 Å². The van der Waals surface area contributed by atoms with Crippen molar-refractivity contribution in [2.45, 2.75) is 51.7 Å². The van der Waals surface area contributed by atoms with Gasteiger partial charge in [0, 0.05) is 26.2 Å². The van der Waals surface area contributed by atoms with Gasteiger partial charge in [-0.25, -0.2) is 4.68 Å². The van der Waals surface area contributed by atoms with Gasteiger partial charge in [-0.1, -0.05) is 35.5 Å². The maximum absolute atomic E-state index is 12.8. The van der Waals surface area contributed by atoms with Gasteiger partial charge in [0.05, 0.1) is 11.7 Å². The van der Waals surface area contributed by atoms with Crippen LogP contribution in [0.1, 0.15) is 49.7 Å². The van der Waals surface area contributed by atoms with Crippen molar-refractivity contribution in [3.63, 3.8) is 0 Å². The van der Waals surface area contributed by atoms with Gasteiger partial charge in [0.25, 0.3) is 5.91 Å². The molecule has 1 fully saturated rings. The van der Waals surface area contributed by atoms with E-state index in [4.69, 9.17) is 0 Å². The predicted octanol–water partition coefficient (Wildman–Crippen LogP) is 2.77. The van der Waals surface area contributed by atoms with E-state index < -0.39 is 0 Å². The Morgan fingerprint density at radius 2 is 2.00 bits per heavy atom. The second-order valence-electron chi connectivity index (χ2n) is 8.15. The second-order valence-corrected chi connectivity index (χ2v) is 8.15. The van der Waals surface area contributed by atoms with Crippen LogP contribution >= 0.6 is 0 Å². The van der Waals surface area contributed by atoms with Crippen molar-refractivity contribution in [1.29, 1.82) is 0 Å². The van der Waals surface area contributed by atoms with E-state index in [1.165, 1.54) is 5.56 Å². The van der Waals surface area contributed by atoms with Gasteiger partial charge < -0.3 is 4.90 Å². The fraction of sp³-hybridized carbons (Fsp3) is 0.550. The average molecular weight is 355 g/mol. The third kappa shape index (κ3) is 4.30. The molecule has 1 amide bonds. The Morgan fingerprint density at radius 3 is 2.65 bits per heavy atom. The van der Waals surface area contributed by atoms with E-state index in [9.17, 15) is 4.79 Å². The zero-order valence-corrected chi connectivity index (χ0v) is 16.2. The maximum Gasteiger partial charge on any atom is 0.276 e. The first-order valence-electron chi connectivity index (χ1n) is 9.31. The molecule has 2 aromatic rings. The number of carbonyl (C=O) groups is 1. The largest absolute Gasteiger partial charge is 0.336 e.